The average molecular weight is 811 g/mol. The molecular weight excluding hydrogens is 777 g/mol. The summed E-state index contributed by atoms with van der Waals surface area (Å²) in [6.45, 7) is 1.72. The predicted octanol–water partition coefficient (Wildman–Crippen LogP) is 0.205. The molecular formula is C33H34N10O11S2. The number of benzene rings is 2. The van der Waals surface area contributed by atoms with Gasteiger partial charge in [0.15, 0.2) is 0 Å². The van der Waals surface area contributed by atoms with Crippen LogP contribution in [0, 0.1) is 0 Å². The zero-order chi connectivity index (χ0) is 40.1. The lowest BCUT2D eigenvalue weighted by Gasteiger charge is -2.56. The Bertz CT molecular complexity index is 2080. The summed E-state index contributed by atoms with van der Waals surface area (Å²) in [6.07, 6.45) is -1.02. The van der Waals surface area contributed by atoms with Crippen molar-refractivity contribution in [2.24, 2.45) is 7.05 Å². The van der Waals surface area contributed by atoms with Crippen molar-refractivity contribution >= 4 is 65.3 Å². The first-order chi connectivity index (χ1) is 26.9. The average Bonchev–Trinajstić information content (AvgIpc) is 3.62. The van der Waals surface area contributed by atoms with Gasteiger partial charge in [-0.3, -0.25) is 29.0 Å². The fourth-order valence-corrected chi connectivity index (χ4v) is 8.38. The van der Waals surface area contributed by atoms with Crippen LogP contribution in [0.3, 0.4) is 0 Å². The van der Waals surface area contributed by atoms with Gasteiger partial charge in [0, 0.05) is 38.2 Å². The summed E-state index contributed by atoms with van der Waals surface area (Å²) < 4.78 is 11.8. The van der Waals surface area contributed by atoms with Crippen molar-refractivity contribution in [2.45, 2.75) is 35.8 Å². The van der Waals surface area contributed by atoms with E-state index in [-0.39, 0.29) is 54.8 Å². The van der Waals surface area contributed by atoms with Crippen LogP contribution >= 0.6 is 23.5 Å². The van der Waals surface area contributed by atoms with Gasteiger partial charge in [0.2, 0.25) is 16.7 Å². The third-order valence-electron chi connectivity index (χ3n) is 8.89. The first-order valence-electron chi connectivity index (χ1n) is 16.8. The van der Waals surface area contributed by atoms with E-state index in [1.54, 1.807) is 44.3 Å². The number of aromatic nitrogens is 4. The number of carboxylic acid groups (broad SMARTS) is 1. The Kier molecular flexibility index (Phi) is 11.9. The van der Waals surface area contributed by atoms with Crippen LogP contribution in [-0.4, -0.2) is 129 Å². The number of imide groups is 1. The normalized spacial score (nSPS) is 19.9. The number of carbonyl (C=O) groups excluding carboxylic acids is 6. The number of ether oxygens (including phenoxy) is 2. The number of hydrogen-bond donors (Lipinski definition) is 5. The quantitative estimate of drug-likeness (QED) is 0.0294. The number of urea groups is 1. The smallest absolute Gasteiger partial charge is 0.477 e. The van der Waals surface area contributed by atoms with Gasteiger partial charge in [-0.2, -0.15) is 5.48 Å². The van der Waals surface area contributed by atoms with E-state index in [1.165, 1.54) is 33.8 Å². The van der Waals surface area contributed by atoms with E-state index in [1.807, 2.05) is 5.48 Å². The number of nitrogens with one attached hydrogen (secondary N) is 3. The third-order valence-corrected chi connectivity index (χ3v) is 11.4. The first kappa shape index (κ1) is 39.6. The Morgan fingerprint density at radius 1 is 1.05 bits per heavy atom. The molecule has 4 heterocycles. The van der Waals surface area contributed by atoms with Crippen LogP contribution in [0.4, 0.5) is 9.59 Å². The second-order valence-corrected chi connectivity index (χ2v) is 14.3. The Labute approximate surface area is 325 Å². The summed E-state index contributed by atoms with van der Waals surface area (Å²) in [6, 6.07) is 11.3. The molecule has 0 spiro atoms. The molecule has 2 aromatic carbocycles. The number of nitrogens with zero attached hydrogens (tertiary/aromatic N) is 7. The molecule has 23 heteroatoms. The van der Waals surface area contributed by atoms with Crippen molar-refractivity contribution in [3.8, 4) is 5.75 Å². The lowest BCUT2D eigenvalue weighted by molar-refractivity contribution is -0.171. The molecule has 0 saturated carbocycles. The molecule has 3 aliphatic heterocycles. The number of hydroxylamine groups is 1. The van der Waals surface area contributed by atoms with Crippen molar-refractivity contribution in [3.05, 3.63) is 77.0 Å². The summed E-state index contributed by atoms with van der Waals surface area (Å²) in [5.41, 5.74) is 0.369. The van der Waals surface area contributed by atoms with Crippen molar-refractivity contribution < 1.29 is 53.3 Å². The Hall–Kier alpha value is -6.04. The van der Waals surface area contributed by atoms with E-state index in [9.17, 15) is 43.9 Å². The highest BCUT2D eigenvalue weighted by Gasteiger charge is 2.66. The molecule has 0 bridgehead atoms. The number of carbonyl (C=O) groups is 7. The molecule has 3 aliphatic rings. The molecule has 6 rings (SSSR count). The number of carboxylic acids is 1. The molecule has 0 aliphatic carbocycles. The summed E-state index contributed by atoms with van der Waals surface area (Å²) in [5.74, 6) is -5.38. The van der Waals surface area contributed by atoms with Crippen molar-refractivity contribution in [1.29, 1.82) is 0 Å². The molecule has 6 amide bonds. The largest absolute Gasteiger partial charge is 0.514 e. The van der Waals surface area contributed by atoms with E-state index in [0.717, 1.165) is 34.0 Å². The number of rotatable bonds is 13. The van der Waals surface area contributed by atoms with Crippen molar-refractivity contribution in [2.75, 3.05) is 31.1 Å². The third kappa shape index (κ3) is 7.87. The van der Waals surface area contributed by atoms with Gasteiger partial charge < -0.3 is 35.3 Å². The molecule has 56 heavy (non-hydrogen) atoms. The van der Waals surface area contributed by atoms with Crippen LogP contribution in [-0.2, 0) is 42.4 Å². The van der Waals surface area contributed by atoms with Gasteiger partial charge in [-0.25, -0.2) is 19.1 Å². The van der Waals surface area contributed by atoms with Crippen LogP contribution < -0.4 is 20.9 Å². The summed E-state index contributed by atoms with van der Waals surface area (Å²) in [7, 11) is 1.61. The molecule has 2 fully saturated rings. The van der Waals surface area contributed by atoms with Gasteiger partial charge in [0.1, 0.15) is 29.5 Å². The number of hydrogen-bond acceptors (Lipinski definition) is 16. The maximum Gasteiger partial charge on any atom is 0.514 e. The van der Waals surface area contributed by atoms with Gasteiger partial charge in [-0.1, -0.05) is 54.2 Å². The molecule has 3 aromatic rings. The van der Waals surface area contributed by atoms with Crippen molar-refractivity contribution in [3.63, 3.8) is 0 Å². The molecule has 1 unspecified atom stereocenters. The minimum absolute atomic E-state index is 0.00284. The second-order valence-electron chi connectivity index (χ2n) is 12.3. The standard InChI is InChI=1S/C33H34N10O11S2/c1-3-41-13-14-42(26(46)25(41)45)30(50)34-22(19-9-11-21(12-10-19)54-32(51)53-15-18-7-5-4-6-8-18)24(44)35-33(37-52)28(49)43-23(27(47)48)20(16-55-29(33)43)17-56-31-36-38-39-40(31)2/h4-12,22,29,37,52H,3,13-17H2,1-2H3,(H,34,50)(H,35,44)(H,47,48)/t22?,29-,33+/m1/s1. The van der Waals surface area contributed by atoms with Crippen LogP contribution in [0.2, 0.25) is 0 Å². The molecule has 0 radical (unpaired) electrons. The van der Waals surface area contributed by atoms with Gasteiger partial charge in [-0.15, -0.1) is 16.9 Å². The lowest BCUT2D eigenvalue weighted by Crippen LogP contribution is -2.85. The summed E-state index contributed by atoms with van der Waals surface area (Å²) in [5, 5.41) is 35.7. The van der Waals surface area contributed by atoms with Gasteiger partial charge in [-0.05, 0) is 46.2 Å². The van der Waals surface area contributed by atoms with E-state index in [4.69, 9.17) is 9.47 Å². The Morgan fingerprint density at radius 3 is 2.43 bits per heavy atom. The number of thioether (sulfide) groups is 2. The monoisotopic (exact) mass is 810 g/mol. The number of fused-ring (bicyclic) bond motifs is 1. The molecule has 3 atom stereocenters. The number of β-lactam (4-membered cyclic amide) rings is 1. The van der Waals surface area contributed by atoms with Gasteiger partial charge in [0.05, 0.1) is 0 Å². The van der Waals surface area contributed by atoms with E-state index >= 15 is 0 Å². The molecule has 294 valence electrons. The Balaban J connectivity index is 1.22. The van der Waals surface area contributed by atoms with Crippen molar-refractivity contribution in [1.82, 2.24) is 51.0 Å². The molecule has 2 saturated heterocycles. The highest BCUT2D eigenvalue weighted by molar-refractivity contribution is 8.01. The second kappa shape index (κ2) is 16.8. The van der Waals surface area contributed by atoms with Gasteiger partial charge in [0.25, 0.3) is 5.91 Å². The van der Waals surface area contributed by atoms with E-state index < -0.39 is 58.9 Å². The highest BCUT2D eigenvalue weighted by atomic mass is 32.2. The Morgan fingerprint density at radius 2 is 1.79 bits per heavy atom. The number of tetrazole rings is 1. The van der Waals surface area contributed by atoms with Crippen LogP contribution in [0.15, 0.2) is 71.0 Å². The number of aryl methyl sites for hydroxylation is 1. The molecule has 21 nitrogen and oxygen atoms in total. The SMILES string of the molecule is CCN1CCN(C(=O)NC(C(=O)N[C@]2(NO)C(=O)N3C(C(=O)O)=C(CSc4nnnn4C)CS[C@@H]32)c2ccc(OC(=O)OCc3ccccc3)cc2)C(=O)C1=O. The van der Waals surface area contributed by atoms with Crippen LogP contribution in [0.1, 0.15) is 24.1 Å². The molecule has 1 aromatic heterocycles. The number of aliphatic carboxylic acids is 1. The zero-order valence-corrected chi connectivity index (χ0v) is 31.2. The lowest BCUT2D eigenvalue weighted by atomic mass is 9.94. The zero-order valence-electron chi connectivity index (χ0n) is 29.6. The minimum Gasteiger partial charge on any atom is -0.477 e. The molecule has 5 N–H and O–H groups in total. The van der Waals surface area contributed by atoms with E-state index in [0.29, 0.717) is 15.6 Å². The van der Waals surface area contributed by atoms with Crippen LogP contribution in [0.5, 0.6) is 5.75 Å². The fraction of sp³-hybridized carbons (Fsp3) is 0.333. The topological polar surface area (TPSA) is 268 Å². The number of likely N-dealkylation sites (N-methyl/N-ethyl adjacent to an activating group) is 1. The first-order valence-corrected chi connectivity index (χ1v) is 18.8. The number of piperazine rings is 1. The summed E-state index contributed by atoms with van der Waals surface area (Å²) in [4.78, 5) is 94.4. The maximum absolute atomic E-state index is 14.1. The predicted molar refractivity (Wildman–Crippen MR) is 192 cm³/mol. The fourth-order valence-electron chi connectivity index (χ4n) is 5.98. The van der Waals surface area contributed by atoms with Gasteiger partial charge >= 0.3 is 30.0 Å². The number of amides is 6. The summed E-state index contributed by atoms with van der Waals surface area (Å²) >= 11 is 2.20. The minimum atomic E-state index is -2.26. The van der Waals surface area contributed by atoms with E-state index in [2.05, 4.69) is 26.2 Å². The van der Waals surface area contributed by atoms with Crippen LogP contribution in [0.25, 0.3) is 0 Å². The maximum atomic E-state index is 14.1. The highest BCUT2D eigenvalue weighted by Crippen LogP contribution is 2.46.